The molecule has 1 aromatic carbocycles. The molecule has 1 fully saturated rings. The van der Waals surface area contributed by atoms with E-state index in [1.54, 1.807) is 17.0 Å². The van der Waals surface area contributed by atoms with Gasteiger partial charge in [0.05, 0.1) is 24.7 Å². The summed E-state index contributed by atoms with van der Waals surface area (Å²) in [5, 5.41) is 9.33. The van der Waals surface area contributed by atoms with E-state index >= 15 is 0 Å². The van der Waals surface area contributed by atoms with Gasteiger partial charge in [0, 0.05) is 18.7 Å². The molecule has 0 radical (unpaired) electrons. The normalized spacial score (nSPS) is 15.3. The molecule has 1 aliphatic rings. The fourth-order valence-electron chi connectivity index (χ4n) is 2.64. The summed E-state index contributed by atoms with van der Waals surface area (Å²) in [4.78, 5) is 25.2. The summed E-state index contributed by atoms with van der Waals surface area (Å²) in [5.41, 5.74) is 0.407. The van der Waals surface area contributed by atoms with Gasteiger partial charge in [-0.05, 0) is 31.9 Å². The second kappa shape index (κ2) is 7.55. The zero-order valence-electron chi connectivity index (χ0n) is 13.2. The summed E-state index contributed by atoms with van der Waals surface area (Å²) >= 11 is 6.19. The van der Waals surface area contributed by atoms with Gasteiger partial charge in [0.1, 0.15) is 0 Å². The molecule has 126 valence electrons. The molecule has 1 N–H and O–H groups in total. The van der Waals surface area contributed by atoms with Gasteiger partial charge in [0.15, 0.2) is 11.5 Å². The molecule has 0 bridgehead atoms. The van der Waals surface area contributed by atoms with Crippen molar-refractivity contribution in [2.45, 2.75) is 19.8 Å². The maximum absolute atomic E-state index is 12.6. The van der Waals surface area contributed by atoms with E-state index in [1.165, 1.54) is 7.11 Å². The minimum absolute atomic E-state index is 0.183. The van der Waals surface area contributed by atoms with Gasteiger partial charge in [0.25, 0.3) is 5.91 Å². The van der Waals surface area contributed by atoms with Crippen molar-refractivity contribution in [3.8, 4) is 11.5 Å². The summed E-state index contributed by atoms with van der Waals surface area (Å²) in [6, 6.07) is 3.16. The van der Waals surface area contributed by atoms with E-state index in [4.69, 9.17) is 26.2 Å². The molecule has 1 aliphatic heterocycles. The molecule has 0 unspecified atom stereocenters. The summed E-state index contributed by atoms with van der Waals surface area (Å²) in [7, 11) is 1.49. The molecule has 1 saturated heterocycles. The van der Waals surface area contributed by atoms with Crippen LogP contribution in [0.15, 0.2) is 12.1 Å². The van der Waals surface area contributed by atoms with Gasteiger partial charge in [-0.1, -0.05) is 11.6 Å². The number of aliphatic carboxylic acids is 1. The van der Waals surface area contributed by atoms with Crippen LogP contribution in [-0.2, 0) is 4.79 Å². The third-order valence-corrected chi connectivity index (χ3v) is 4.18. The van der Waals surface area contributed by atoms with E-state index in [2.05, 4.69) is 0 Å². The van der Waals surface area contributed by atoms with Crippen LogP contribution in [0.5, 0.6) is 11.5 Å². The van der Waals surface area contributed by atoms with E-state index in [9.17, 15) is 9.59 Å². The van der Waals surface area contributed by atoms with Crippen molar-refractivity contribution in [3.05, 3.63) is 22.7 Å². The van der Waals surface area contributed by atoms with E-state index in [0.717, 1.165) is 0 Å². The summed E-state index contributed by atoms with van der Waals surface area (Å²) in [6.45, 7) is 3.11. The Labute approximate surface area is 139 Å². The van der Waals surface area contributed by atoms with Gasteiger partial charge in [-0.2, -0.15) is 0 Å². The van der Waals surface area contributed by atoms with Crippen LogP contribution in [0.2, 0.25) is 5.02 Å². The number of nitrogens with zero attached hydrogens (tertiary/aromatic N) is 1. The second-order valence-corrected chi connectivity index (χ2v) is 5.73. The lowest BCUT2D eigenvalue weighted by Gasteiger charge is -2.30. The molecule has 0 spiro atoms. The molecule has 1 aromatic rings. The van der Waals surface area contributed by atoms with Crippen LogP contribution in [0.3, 0.4) is 0 Å². The number of carbonyl (C=O) groups is 2. The van der Waals surface area contributed by atoms with Gasteiger partial charge in [0.2, 0.25) is 0 Å². The number of hydrogen-bond acceptors (Lipinski definition) is 4. The van der Waals surface area contributed by atoms with Crippen LogP contribution in [0.4, 0.5) is 0 Å². The van der Waals surface area contributed by atoms with E-state index in [-0.39, 0.29) is 11.8 Å². The highest BCUT2D eigenvalue weighted by Gasteiger charge is 2.28. The molecule has 1 amide bonds. The first-order valence-corrected chi connectivity index (χ1v) is 7.88. The fraction of sp³-hybridized carbons (Fsp3) is 0.500. The first-order valence-electron chi connectivity index (χ1n) is 7.50. The van der Waals surface area contributed by atoms with Crippen molar-refractivity contribution < 1.29 is 24.2 Å². The number of likely N-dealkylation sites (tertiary alicyclic amines) is 1. The molecule has 0 aromatic heterocycles. The number of ether oxygens (including phenoxy) is 2. The predicted molar refractivity (Wildman–Crippen MR) is 85.4 cm³/mol. The average molecular weight is 342 g/mol. The maximum atomic E-state index is 12.6. The van der Waals surface area contributed by atoms with Crippen molar-refractivity contribution in [2.75, 3.05) is 26.8 Å². The average Bonchev–Trinajstić information content (AvgIpc) is 2.56. The van der Waals surface area contributed by atoms with Crippen LogP contribution in [0.25, 0.3) is 0 Å². The molecule has 2 rings (SSSR count). The number of piperidine rings is 1. The first kappa shape index (κ1) is 17.4. The number of rotatable bonds is 5. The Morgan fingerprint density at radius 3 is 2.52 bits per heavy atom. The Kier molecular flexibility index (Phi) is 5.71. The quantitative estimate of drug-likeness (QED) is 0.891. The van der Waals surface area contributed by atoms with Gasteiger partial charge in [-0.25, -0.2) is 0 Å². The standard InChI is InChI=1S/C16H20ClNO5/c1-3-23-14-12(17)8-11(9-13(14)22-2)15(19)18-6-4-10(5-7-18)16(20)21/h8-10H,3-7H2,1-2H3,(H,20,21). The summed E-state index contributed by atoms with van der Waals surface area (Å²) < 4.78 is 10.7. The predicted octanol–water partition coefficient (Wildman–Crippen LogP) is 2.68. The molecule has 0 aliphatic carbocycles. The third kappa shape index (κ3) is 3.88. The lowest BCUT2D eigenvalue weighted by Crippen LogP contribution is -2.40. The lowest BCUT2D eigenvalue weighted by molar-refractivity contribution is -0.143. The summed E-state index contributed by atoms with van der Waals surface area (Å²) in [5.74, 6) is -0.543. The molecule has 6 nitrogen and oxygen atoms in total. The number of carbonyl (C=O) groups excluding carboxylic acids is 1. The Balaban J connectivity index is 2.17. The smallest absolute Gasteiger partial charge is 0.306 e. The molecular weight excluding hydrogens is 322 g/mol. The topological polar surface area (TPSA) is 76.1 Å². The number of methoxy groups -OCH3 is 1. The zero-order valence-corrected chi connectivity index (χ0v) is 13.9. The second-order valence-electron chi connectivity index (χ2n) is 5.33. The number of hydrogen-bond donors (Lipinski definition) is 1. The summed E-state index contributed by atoms with van der Waals surface area (Å²) in [6.07, 6.45) is 0.923. The molecule has 0 saturated carbocycles. The largest absolute Gasteiger partial charge is 0.493 e. The highest BCUT2D eigenvalue weighted by molar-refractivity contribution is 6.32. The number of carboxylic acids is 1. The van der Waals surface area contributed by atoms with E-state index in [1.807, 2.05) is 6.92 Å². The molecule has 7 heteroatoms. The van der Waals surface area contributed by atoms with Crippen molar-refractivity contribution in [2.24, 2.45) is 5.92 Å². The van der Waals surface area contributed by atoms with E-state index in [0.29, 0.717) is 54.6 Å². The minimum atomic E-state index is -0.803. The van der Waals surface area contributed by atoms with E-state index < -0.39 is 5.97 Å². The molecule has 0 atom stereocenters. The maximum Gasteiger partial charge on any atom is 0.306 e. The number of halogens is 1. The third-order valence-electron chi connectivity index (χ3n) is 3.90. The van der Waals surface area contributed by atoms with Crippen LogP contribution in [-0.4, -0.2) is 48.7 Å². The van der Waals surface area contributed by atoms with Gasteiger partial charge < -0.3 is 19.5 Å². The Hall–Kier alpha value is -1.95. The first-order chi connectivity index (χ1) is 11.0. The zero-order chi connectivity index (χ0) is 17.0. The molecule has 1 heterocycles. The van der Waals surface area contributed by atoms with Gasteiger partial charge >= 0.3 is 5.97 Å². The Morgan fingerprint density at radius 1 is 1.35 bits per heavy atom. The van der Waals surface area contributed by atoms with Crippen LogP contribution >= 0.6 is 11.6 Å². The van der Waals surface area contributed by atoms with Crippen LogP contribution in [0, 0.1) is 5.92 Å². The van der Waals surface area contributed by atoms with Crippen LogP contribution < -0.4 is 9.47 Å². The lowest BCUT2D eigenvalue weighted by atomic mass is 9.96. The number of carboxylic acid groups (broad SMARTS) is 1. The van der Waals surface area contributed by atoms with Gasteiger partial charge in [-0.3, -0.25) is 9.59 Å². The fourth-order valence-corrected chi connectivity index (χ4v) is 2.91. The van der Waals surface area contributed by atoms with Crippen molar-refractivity contribution >= 4 is 23.5 Å². The van der Waals surface area contributed by atoms with Gasteiger partial charge in [-0.15, -0.1) is 0 Å². The Morgan fingerprint density at radius 2 is 2.00 bits per heavy atom. The molecular formula is C16H20ClNO5. The number of amides is 1. The molecule has 23 heavy (non-hydrogen) atoms. The SMILES string of the molecule is CCOc1c(Cl)cc(C(=O)N2CCC(C(=O)O)CC2)cc1OC. The minimum Gasteiger partial charge on any atom is -0.493 e. The monoisotopic (exact) mass is 341 g/mol. The Bertz CT molecular complexity index is 596. The van der Waals surface area contributed by atoms with Crippen molar-refractivity contribution in [1.82, 2.24) is 4.90 Å². The van der Waals surface area contributed by atoms with Crippen molar-refractivity contribution in [1.29, 1.82) is 0 Å². The highest BCUT2D eigenvalue weighted by atomic mass is 35.5. The number of benzene rings is 1. The van der Waals surface area contributed by atoms with Crippen LogP contribution in [0.1, 0.15) is 30.1 Å². The van der Waals surface area contributed by atoms with Crippen molar-refractivity contribution in [3.63, 3.8) is 0 Å². The highest BCUT2D eigenvalue weighted by Crippen LogP contribution is 2.37.